The van der Waals surface area contributed by atoms with Gasteiger partial charge in [-0.3, -0.25) is 4.90 Å². The molecule has 0 amide bonds. The number of hydrogen-bond acceptors (Lipinski definition) is 4. The predicted molar refractivity (Wildman–Crippen MR) is 79.7 cm³/mol. The Bertz CT molecular complexity index is 324. The summed E-state index contributed by atoms with van der Waals surface area (Å²) in [5, 5.41) is 10.00. The third kappa shape index (κ3) is 3.35. The van der Waals surface area contributed by atoms with Crippen LogP contribution in [0.3, 0.4) is 0 Å². The number of nitrogens with zero attached hydrogens (tertiary/aromatic N) is 2. The van der Waals surface area contributed by atoms with Gasteiger partial charge in [0, 0.05) is 45.2 Å². The minimum Gasteiger partial charge on any atom is -0.393 e. The molecular weight excluding hydrogens is 252 g/mol. The summed E-state index contributed by atoms with van der Waals surface area (Å²) in [7, 11) is 0. The zero-order valence-corrected chi connectivity index (χ0v) is 13.0. The lowest BCUT2D eigenvalue weighted by molar-refractivity contribution is -0.0448. The number of rotatable bonds is 4. The van der Waals surface area contributed by atoms with Crippen LogP contribution in [0.15, 0.2) is 0 Å². The van der Waals surface area contributed by atoms with Crippen molar-refractivity contribution in [3.63, 3.8) is 0 Å². The van der Waals surface area contributed by atoms with E-state index >= 15 is 0 Å². The second-order valence-corrected chi connectivity index (χ2v) is 7.43. The predicted octanol–water partition coefficient (Wildman–Crippen LogP) is 1.05. The Labute approximate surface area is 123 Å². The van der Waals surface area contributed by atoms with Gasteiger partial charge in [-0.2, -0.15) is 0 Å². The fraction of sp³-hybridized carbons (Fsp3) is 1.00. The lowest BCUT2D eigenvalue weighted by Crippen LogP contribution is -2.48. The van der Waals surface area contributed by atoms with Gasteiger partial charge in [0.15, 0.2) is 0 Å². The van der Waals surface area contributed by atoms with E-state index in [2.05, 4.69) is 23.6 Å². The van der Waals surface area contributed by atoms with Crippen molar-refractivity contribution in [1.82, 2.24) is 9.80 Å². The first-order valence-corrected chi connectivity index (χ1v) is 8.36. The molecule has 3 aliphatic rings. The molecule has 3 fully saturated rings. The average molecular weight is 282 g/mol. The van der Waals surface area contributed by atoms with Crippen molar-refractivity contribution < 1.29 is 9.84 Å². The van der Waals surface area contributed by atoms with Crippen LogP contribution in [0.2, 0.25) is 0 Å². The van der Waals surface area contributed by atoms with Crippen molar-refractivity contribution in [2.75, 3.05) is 45.9 Å². The van der Waals surface area contributed by atoms with Crippen molar-refractivity contribution in [2.45, 2.75) is 38.9 Å². The molecule has 0 bridgehead atoms. The molecule has 0 radical (unpaired) electrons. The van der Waals surface area contributed by atoms with Crippen molar-refractivity contribution >= 4 is 0 Å². The fourth-order valence-electron chi connectivity index (χ4n) is 4.34. The summed E-state index contributed by atoms with van der Waals surface area (Å²) < 4.78 is 5.95. The van der Waals surface area contributed by atoms with Gasteiger partial charge in [0.2, 0.25) is 0 Å². The highest BCUT2D eigenvalue weighted by molar-refractivity contribution is 4.94. The van der Waals surface area contributed by atoms with E-state index in [1.165, 1.54) is 19.5 Å². The maximum Gasteiger partial charge on any atom is 0.0829 e. The van der Waals surface area contributed by atoms with Crippen LogP contribution in [-0.4, -0.2) is 73.0 Å². The van der Waals surface area contributed by atoms with Crippen molar-refractivity contribution in [2.24, 2.45) is 17.8 Å². The largest absolute Gasteiger partial charge is 0.393 e. The Hall–Kier alpha value is -0.160. The molecule has 116 valence electrons. The molecule has 4 nitrogen and oxygen atoms in total. The van der Waals surface area contributed by atoms with Crippen LogP contribution in [0.4, 0.5) is 0 Å². The van der Waals surface area contributed by atoms with E-state index in [0.29, 0.717) is 12.0 Å². The first kappa shape index (κ1) is 14.8. The Kier molecular flexibility index (Phi) is 4.65. The normalized spacial score (nSPS) is 39.6. The van der Waals surface area contributed by atoms with Gasteiger partial charge in [0.25, 0.3) is 0 Å². The monoisotopic (exact) mass is 282 g/mol. The molecule has 1 aliphatic carbocycles. The highest BCUT2D eigenvalue weighted by Crippen LogP contribution is 2.38. The van der Waals surface area contributed by atoms with Gasteiger partial charge in [-0.05, 0) is 24.7 Å². The SMILES string of the molecule is CC(C)CN1CCOC(CN2CC3CCC(O)C3C2)C1. The summed E-state index contributed by atoms with van der Waals surface area (Å²) in [6.07, 6.45) is 2.55. The maximum absolute atomic E-state index is 10.00. The van der Waals surface area contributed by atoms with Crippen LogP contribution < -0.4 is 0 Å². The van der Waals surface area contributed by atoms with E-state index in [0.717, 1.165) is 51.0 Å². The van der Waals surface area contributed by atoms with Gasteiger partial charge in [-0.25, -0.2) is 0 Å². The summed E-state index contributed by atoms with van der Waals surface area (Å²) in [6, 6.07) is 0. The smallest absolute Gasteiger partial charge is 0.0829 e. The average Bonchev–Trinajstić information content (AvgIpc) is 2.92. The molecule has 0 aromatic carbocycles. The van der Waals surface area contributed by atoms with Crippen LogP contribution in [0, 0.1) is 17.8 Å². The van der Waals surface area contributed by atoms with Gasteiger partial charge in [0.05, 0.1) is 18.8 Å². The van der Waals surface area contributed by atoms with Gasteiger partial charge < -0.3 is 14.7 Å². The lowest BCUT2D eigenvalue weighted by atomic mass is 10.00. The number of aliphatic hydroxyl groups excluding tert-OH is 1. The molecular formula is C16H30N2O2. The number of hydrogen-bond donors (Lipinski definition) is 1. The minimum absolute atomic E-state index is 0.0466. The molecule has 0 spiro atoms. The van der Waals surface area contributed by atoms with Gasteiger partial charge in [-0.15, -0.1) is 0 Å². The Morgan fingerprint density at radius 2 is 2.00 bits per heavy atom. The lowest BCUT2D eigenvalue weighted by Gasteiger charge is -2.35. The number of aliphatic hydroxyl groups is 1. The summed E-state index contributed by atoms with van der Waals surface area (Å²) in [4.78, 5) is 5.08. The fourth-order valence-corrected chi connectivity index (χ4v) is 4.34. The van der Waals surface area contributed by atoms with Gasteiger partial charge >= 0.3 is 0 Å². The van der Waals surface area contributed by atoms with Gasteiger partial charge in [-0.1, -0.05) is 13.8 Å². The van der Waals surface area contributed by atoms with E-state index in [1.54, 1.807) is 0 Å². The molecule has 0 aromatic heterocycles. The topological polar surface area (TPSA) is 35.9 Å². The number of ether oxygens (including phenoxy) is 1. The number of fused-ring (bicyclic) bond motifs is 1. The Morgan fingerprint density at radius 1 is 1.15 bits per heavy atom. The van der Waals surface area contributed by atoms with E-state index in [4.69, 9.17) is 4.74 Å². The van der Waals surface area contributed by atoms with E-state index in [-0.39, 0.29) is 6.10 Å². The third-order valence-electron chi connectivity index (χ3n) is 5.20. The van der Waals surface area contributed by atoms with Crippen LogP contribution in [0.25, 0.3) is 0 Å². The Morgan fingerprint density at radius 3 is 2.75 bits per heavy atom. The zero-order chi connectivity index (χ0) is 14.1. The first-order chi connectivity index (χ1) is 9.61. The molecule has 4 heteroatoms. The summed E-state index contributed by atoms with van der Waals surface area (Å²) >= 11 is 0. The molecule has 1 N–H and O–H groups in total. The van der Waals surface area contributed by atoms with Crippen molar-refractivity contribution in [3.05, 3.63) is 0 Å². The summed E-state index contributed by atoms with van der Waals surface area (Å²) in [5.74, 6) is 2.00. The van der Waals surface area contributed by atoms with Crippen LogP contribution in [0.5, 0.6) is 0 Å². The molecule has 20 heavy (non-hydrogen) atoms. The number of likely N-dealkylation sites (tertiary alicyclic amines) is 1. The highest BCUT2D eigenvalue weighted by Gasteiger charge is 2.42. The number of morpholine rings is 1. The third-order valence-corrected chi connectivity index (χ3v) is 5.20. The molecule has 2 heterocycles. The van der Waals surface area contributed by atoms with Crippen LogP contribution in [-0.2, 0) is 4.74 Å². The molecule has 4 unspecified atom stereocenters. The molecule has 3 rings (SSSR count). The standard InChI is InChI=1S/C16H30N2O2/c1-12(2)7-17-5-6-20-14(9-17)10-18-8-13-3-4-16(19)15(13)11-18/h12-16,19H,3-11H2,1-2H3. The summed E-state index contributed by atoms with van der Waals surface area (Å²) in [6.45, 7) is 12.1. The Balaban J connectivity index is 1.46. The van der Waals surface area contributed by atoms with Crippen molar-refractivity contribution in [3.8, 4) is 0 Å². The van der Waals surface area contributed by atoms with Crippen molar-refractivity contribution in [1.29, 1.82) is 0 Å². The first-order valence-electron chi connectivity index (χ1n) is 8.36. The molecule has 2 aliphatic heterocycles. The van der Waals surface area contributed by atoms with E-state index in [1.807, 2.05) is 0 Å². The quantitative estimate of drug-likeness (QED) is 0.836. The molecule has 4 atom stereocenters. The van der Waals surface area contributed by atoms with Crippen LogP contribution >= 0.6 is 0 Å². The highest BCUT2D eigenvalue weighted by atomic mass is 16.5. The van der Waals surface area contributed by atoms with Gasteiger partial charge in [0.1, 0.15) is 0 Å². The second kappa shape index (κ2) is 6.30. The zero-order valence-electron chi connectivity index (χ0n) is 13.0. The maximum atomic E-state index is 10.00. The van der Waals surface area contributed by atoms with Crippen LogP contribution in [0.1, 0.15) is 26.7 Å². The molecule has 2 saturated heterocycles. The second-order valence-electron chi connectivity index (χ2n) is 7.43. The molecule has 0 aromatic rings. The van der Waals surface area contributed by atoms with E-state index in [9.17, 15) is 5.11 Å². The van der Waals surface area contributed by atoms with E-state index < -0.39 is 0 Å². The minimum atomic E-state index is -0.0466. The summed E-state index contributed by atoms with van der Waals surface area (Å²) in [5.41, 5.74) is 0. The molecule has 1 saturated carbocycles.